The van der Waals surface area contributed by atoms with Crippen molar-refractivity contribution in [2.24, 2.45) is 0 Å². The quantitative estimate of drug-likeness (QED) is 0.865. The predicted octanol–water partition coefficient (Wildman–Crippen LogP) is 1.72. The number of benzene rings is 1. The molecule has 2 rings (SSSR count). The summed E-state index contributed by atoms with van der Waals surface area (Å²) < 4.78 is 6.83. The zero-order valence-electron chi connectivity index (χ0n) is 10.4. The molecule has 5 heteroatoms. The van der Waals surface area contributed by atoms with Crippen LogP contribution in [0, 0.1) is 0 Å². The fraction of sp³-hybridized carbons (Fsp3) is 0.308. The van der Waals surface area contributed by atoms with Crippen molar-refractivity contribution in [1.29, 1.82) is 0 Å². The smallest absolute Gasteiger partial charge is 0.331 e. The minimum Gasteiger partial charge on any atom is -0.491 e. The maximum Gasteiger partial charge on any atom is 0.331 e. The van der Waals surface area contributed by atoms with Crippen molar-refractivity contribution in [1.82, 2.24) is 9.55 Å². The van der Waals surface area contributed by atoms with Crippen LogP contribution >= 0.6 is 0 Å². The summed E-state index contributed by atoms with van der Waals surface area (Å²) in [5.74, 6) is -0.0523. The van der Waals surface area contributed by atoms with E-state index in [1.807, 2.05) is 44.2 Å². The topological polar surface area (TPSA) is 67.2 Å². The average Bonchev–Trinajstić information content (AvgIpc) is 2.57. The number of hydrogen-bond acceptors (Lipinski definition) is 3. The molecule has 0 saturated heterocycles. The third-order valence-corrected chi connectivity index (χ3v) is 2.45. The van der Waals surface area contributed by atoms with Gasteiger partial charge >= 0.3 is 5.69 Å². The van der Waals surface area contributed by atoms with Gasteiger partial charge in [-0.05, 0) is 19.4 Å². The van der Waals surface area contributed by atoms with E-state index in [0.717, 1.165) is 5.56 Å². The number of nitrogens with zero attached hydrogens (tertiary/aromatic N) is 1. The Labute approximate surface area is 105 Å². The molecule has 0 radical (unpaired) electrons. The minimum atomic E-state index is -0.382. The van der Waals surface area contributed by atoms with Gasteiger partial charge in [-0.25, -0.2) is 4.79 Å². The summed E-state index contributed by atoms with van der Waals surface area (Å²) >= 11 is 0. The Hall–Kier alpha value is -2.17. The molecular formula is C13H16N2O3. The summed E-state index contributed by atoms with van der Waals surface area (Å²) in [5.41, 5.74) is 0.583. The Morgan fingerprint density at radius 2 is 2.00 bits per heavy atom. The van der Waals surface area contributed by atoms with Gasteiger partial charge in [-0.1, -0.05) is 30.3 Å². The number of aromatic hydroxyl groups is 1. The molecule has 0 aliphatic heterocycles. The molecule has 18 heavy (non-hydrogen) atoms. The maximum absolute atomic E-state index is 11.7. The Kier molecular flexibility index (Phi) is 3.41. The van der Waals surface area contributed by atoms with Gasteiger partial charge in [-0.3, -0.25) is 9.55 Å². The molecule has 0 amide bonds. The lowest BCUT2D eigenvalue weighted by atomic mass is 10.2. The molecule has 0 fully saturated rings. The van der Waals surface area contributed by atoms with Crippen molar-refractivity contribution in [2.75, 3.05) is 0 Å². The number of ether oxygens (including phenoxy) is 1. The molecule has 0 spiro atoms. The van der Waals surface area contributed by atoms with Gasteiger partial charge in [0.05, 0.1) is 12.6 Å². The Bertz CT molecular complexity index is 570. The van der Waals surface area contributed by atoms with Crippen LogP contribution < -0.4 is 10.4 Å². The van der Waals surface area contributed by atoms with Gasteiger partial charge in [0, 0.05) is 0 Å². The number of rotatable bonds is 4. The van der Waals surface area contributed by atoms with E-state index in [0.29, 0.717) is 6.54 Å². The summed E-state index contributed by atoms with van der Waals surface area (Å²) in [4.78, 5) is 14.1. The first kappa shape index (κ1) is 12.3. The monoisotopic (exact) mass is 248 g/mol. The van der Waals surface area contributed by atoms with E-state index in [1.54, 1.807) is 0 Å². The van der Waals surface area contributed by atoms with Crippen molar-refractivity contribution in [2.45, 2.75) is 26.5 Å². The summed E-state index contributed by atoms with van der Waals surface area (Å²) in [6, 6.07) is 9.53. The lowest BCUT2D eigenvalue weighted by Crippen LogP contribution is -2.20. The van der Waals surface area contributed by atoms with Crippen LogP contribution in [0.2, 0.25) is 0 Å². The van der Waals surface area contributed by atoms with Gasteiger partial charge in [0.25, 0.3) is 11.8 Å². The molecule has 96 valence electrons. The van der Waals surface area contributed by atoms with Gasteiger partial charge in [0.2, 0.25) is 0 Å². The average molecular weight is 248 g/mol. The molecule has 2 N–H and O–H groups in total. The number of nitrogens with one attached hydrogen (secondary N) is 1. The van der Waals surface area contributed by atoms with Crippen LogP contribution in [0.5, 0.6) is 11.8 Å². The number of aromatic nitrogens is 2. The molecule has 5 nitrogen and oxygen atoms in total. The summed E-state index contributed by atoms with van der Waals surface area (Å²) in [6.07, 6.45) is -0.117. The zero-order chi connectivity index (χ0) is 13.1. The molecule has 0 bridgehead atoms. The van der Waals surface area contributed by atoms with Crippen LogP contribution in [0.25, 0.3) is 0 Å². The second-order valence-corrected chi connectivity index (χ2v) is 4.32. The predicted molar refractivity (Wildman–Crippen MR) is 68.0 cm³/mol. The number of imidazole rings is 1. The highest BCUT2D eigenvalue weighted by atomic mass is 16.5. The van der Waals surface area contributed by atoms with Crippen molar-refractivity contribution < 1.29 is 9.84 Å². The fourth-order valence-corrected chi connectivity index (χ4v) is 1.69. The first-order valence-electron chi connectivity index (χ1n) is 5.80. The molecule has 0 unspecified atom stereocenters. The summed E-state index contributed by atoms with van der Waals surface area (Å²) in [7, 11) is 0. The van der Waals surface area contributed by atoms with Crippen LogP contribution in [-0.4, -0.2) is 20.8 Å². The van der Waals surface area contributed by atoms with Crippen molar-refractivity contribution in [3.8, 4) is 11.8 Å². The van der Waals surface area contributed by atoms with Crippen LogP contribution in [0.4, 0.5) is 0 Å². The molecule has 1 aromatic carbocycles. The molecule has 0 aliphatic rings. The summed E-state index contributed by atoms with van der Waals surface area (Å²) in [6.45, 7) is 4.03. The summed E-state index contributed by atoms with van der Waals surface area (Å²) in [5, 5.41) is 9.64. The van der Waals surface area contributed by atoms with Crippen molar-refractivity contribution in [3.63, 3.8) is 0 Å². The van der Waals surface area contributed by atoms with E-state index in [-0.39, 0.29) is 23.6 Å². The molecule has 1 heterocycles. The highest BCUT2D eigenvalue weighted by molar-refractivity contribution is 5.27. The molecule has 0 atom stereocenters. The Balaban J connectivity index is 2.35. The molecular weight excluding hydrogens is 232 g/mol. The van der Waals surface area contributed by atoms with Gasteiger partial charge in [-0.15, -0.1) is 0 Å². The zero-order valence-corrected chi connectivity index (χ0v) is 10.4. The fourth-order valence-electron chi connectivity index (χ4n) is 1.69. The highest BCUT2D eigenvalue weighted by Crippen LogP contribution is 2.23. The first-order valence-corrected chi connectivity index (χ1v) is 5.80. The maximum atomic E-state index is 11.7. The highest BCUT2D eigenvalue weighted by Gasteiger charge is 2.16. The van der Waals surface area contributed by atoms with E-state index in [4.69, 9.17) is 4.74 Å². The Morgan fingerprint density at radius 1 is 1.33 bits per heavy atom. The van der Waals surface area contributed by atoms with Crippen LogP contribution in [0.15, 0.2) is 35.1 Å². The van der Waals surface area contributed by atoms with E-state index < -0.39 is 0 Å². The van der Waals surface area contributed by atoms with Crippen molar-refractivity contribution in [3.05, 3.63) is 46.4 Å². The van der Waals surface area contributed by atoms with Crippen molar-refractivity contribution >= 4 is 0 Å². The molecule has 1 aromatic heterocycles. The SMILES string of the molecule is CC(C)Oc1c(O)[nH]c(=O)n1Cc1ccccc1. The van der Waals surface area contributed by atoms with E-state index in [2.05, 4.69) is 4.98 Å². The normalized spacial score (nSPS) is 10.8. The third-order valence-electron chi connectivity index (χ3n) is 2.45. The number of aromatic amines is 1. The van der Waals surface area contributed by atoms with Gasteiger partial charge < -0.3 is 9.84 Å². The minimum absolute atomic E-state index is 0.117. The van der Waals surface area contributed by atoms with Gasteiger partial charge in [-0.2, -0.15) is 0 Å². The van der Waals surface area contributed by atoms with E-state index >= 15 is 0 Å². The lowest BCUT2D eigenvalue weighted by Gasteiger charge is -2.11. The molecule has 0 aliphatic carbocycles. The second-order valence-electron chi connectivity index (χ2n) is 4.32. The van der Waals surface area contributed by atoms with Crippen LogP contribution in [-0.2, 0) is 6.54 Å². The van der Waals surface area contributed by atoms with Gasteiger partial charge in [0.15, 0.2) is 0 Å². The molecule has 0 saturated carbocycles. The van der Waals surface area contributed by atoms with Crippen LogP contribution in [0.1, 0.15) is 19.4 Å². The first-order chi connectivity index (χ1) is 8.58. The standard InChI is InChI=1S/C13H16N2O3/c1-9(2)18-12-11(16)14-13(17)15(12)8-10-6-4-3-5-7-10/h3-7,9,16H,8H2,1-2H3,(H,14,17). The molecule has 2 aromatic rings. The van der Waals surface area contributed by atoms with E-state index in [9.17, 15) is 9.90 Å². The van der Waals surface area contributed by atoms with Crippen LogP contribution in [0.3, 0.4) is 0 Å². The lowest BCUT2D eigenvalue weighted by molar-refractivity contribution is 0.212. The third kappa shape index (κ3) is 2.56. The second kappa shape index (κ2) is 5.00. The van der Waals surface area contributed by atoms with E-state index in [1.165, 1.54) is 4.57 Å². The largest absolute Gasteiger partial charge is 0.491 e. The number of H-pyrrole nitrogens is 1. The Morgan fingerprint density at radius 3 is 2.61 bits per heavy atom. The number of hydrogen-bond donors (Lipinski definition) is 2. The van der Waals surface area contributed by atoms with Gasteiger partial charge in [0.1, 0.15) is 0 Å².